The summed E-state index contributed by atoms with van der Waals surface area (Å²) in [6, 6.07) is 5.84. The molecule has 3 nitrogen and oxygen atoms in total. The Bertz CT molecular complexity index is 345. The average Bonchev–Trinajstić information content (AvgIpc) is 2.38. The fourth-order valence-corrected chi connectivity index (χ4v) is 1.88. The molecule has 0 saturated heterocycles. The lowest BCUT2D eigenvalue weighted by Crippen LogP contribution is -2.16. The number of rotatable bonds is 9. The highest BCUT2D eigenvalue weighted by molar-refractivity contribution is 6.32. The fraction of sp³-hybridized carbons (Fsp3) is 0.571. The molecule has 0 aliphatic rings. The number of halogens is 1. The van der Waals surface area contributed by atoms with Crippen LogP contribution in [0.25, 0.3) is 0 Å². The minimum absolute atomic E-state index is 0.656. The van der Waals surface area contributed by atoms with E-state index in [4.69, 9.17) is 21.1 Å². The third kappa shape index (κ3) is 5.71. The number of nitrogens with one attached hydrogen (secondary N) is 1. The zero-order valence-corrected chi connectivity index (χ0v) is 11.9. The summed E-state index contributed by atoms with van der Waals surface area (Å²) in [5, 5.41) is 4.02. The normalized spacial score (nSPS) is 10.6. The molecule has 0 unspecified atom stereocenters. The average molecular weight is 272 g/mol. The van der Waals surface area contributed by atoms with Crippen LogP contribution in [0.4, 0.5) is 0 Å². The van der Waals surface area contributed by atoms with Crippen LogP contribution in [0.2, 0.25) is 5.02 Å². The van der Waals surface area contributed by atoms with Gasteiger partial charge < -0.3 is 14.8 Å². The van der Waals surface area contributed by atoms with Crippen molar-refractivity contribution < 1.29 is 9.47 Å². The first-order chi connectivity index (χ1) is 8.77. The molecular weight excluding hydrogens is 250 g/mol. The Balaban J connectivity index is 2.17. The molecule has 0 amide bonds. The molecule has 1 N–H and O–H groups in total. The van der Waals surface area contributed by atoms with Gasteiger partial charge >= 0.3 is 0 Å². The topological polar surface area (TPSA) is 30.5 Å². The maximum Gasteiger partial charge on any atom is 0.137 e. The lowest BCUT2D eigenvalue weighted by Gasteiger charge is -2.08. The van der Waals surface area contributed by atoms with Gasteiger partial charge in [0.2, 0.25) is 0 Å². The van der Waals surface area contributed by atoms with Crippen LogP contribution in [0.5, 0.6) is 5.75 Å². The van der Waals surface area contributed by atoms with Gasteiger partial charge in [0, 0.05) is 19.8 Å². The molecule has 18 heavy (non-hydrogen) atoms. The van der Waals surface area contributed by atoms with Gasteiger partial charge in [0.15, 0.2) is 0 Å². The van der Waals surface area contributed by atoms with Gasteiger partial charge in [-0.05, 0) is 37.1 Å². The van der Waals surface area contributed by atoms with Crippen molar-refractivity contribution in [3.63, 3.8) is 0 Å². The summed E-state index contributed by atoms with van der Waals surface area (Å²) < 4.78 is 10.5. The summed E-state index contributed by atoms with van der Waals surface area (Å²) in [6.07, 6.45) is 2.11. The highest BCUT2D eigenvalue weighted by atomic mass is 35.5. The second kappa shape index (κ2) is 9.20. The zero-order chi connectivity index (χ0) is 13.2. The van der Waals surface area contributed by atoms with Gasteiger partial charge in [-0.15, -0.1) is 0 Å². The van der Waals surface area contributed by atoms with Crippen LogP contribution >= 0.6 is 11.6 Å². The Morgan fingerprint density at radius 2 is 2.11 bits per heavy atom. The number of hydrogen-bond donors (Lipinski definition) is 1. The number of ether oxygens (including phenoxy) is 2. The molecule has 0 fully saturated rings. The Labute approximate surface area is 114 Å². The van der Waals surface area contributed by atoms with E-state index >= 15 is 0 Å². The molecule has 0 bridgehead atoms. The van der Waals surface area contributed by atoms with Gasteiger partial charge in [-0.1, -0.05) is 24.6 Å². The van der Waals surface area contributed by atoms with E-state index in [0.29, 0.717) is 10.8 Å². The Kier molecular flexibility index (Phi) is 7.81. The van der Waals surface area contributed by atoms with Crippen LogP contribution in [0.3, 0.4) is 0 Å². The molecule has 0 atom stereocenters. The minimum atomic E-state index is 0.656. The maximum atomic E-state index is 6.05. The predicted molar refractivity (Wildman–Crippen MR) is 75.4 cm³/mol. The standard InChI is InChI=1S/C14H22ClNO2/c1-3-8-18-9-4-7-16-11-12-5-6-14(17-2)13(15)10-12/h5-6,10,16H,3-4,7-9,11H2,1-2H3. The number of methoxy groups -OCH3 is 1. The van der Waals surface area contributed by atoms with E-state index in [1.54, 1.807) is 7.11 Å². The summed E-state index contributed by atoms with van der Waals surface area (Å²) in [7, 11) is 1.62. The molecular formula is C14H22ClNO2. The molecule has 1 aromatic carbocycles. The SMILES string of the molecule is CCCOCCCNCc1ccc(OC)c(Cl)c1. The first kappa shape index (κ1) is 15.3. The lowest BCUT2D eigenvalue weighted by atomic mass is 10.2. The Morgan fingerprint density at radius 3 is 2.78 bits per heavy atom. The Hall–Kier alpha value is -0.770. The third-order valence-corrected chi connectivity index (χ3v) is 2.83. The lowest BCUT2D eigenvalue weighted by molar-refractivity contribution is 0.132. The van der Waals surface area contributed by atoms with Gasteiger partial charge in [-0.2, -0.15) is 0 Å². The molecule has 0 spiro atoms. The molecule has 0 aliphatic heterocycles. The quantitative estimate of drug-likeness (QED) is 0.700. The second-order valence-electron chi connectivity index (χ2n) is 4.11. The van der Waals surface area contributed by atoms with Gasteiger partial charge in [-0.3, -0.25) is 0 Å². The summed E-state index contributed by atoms with van der Waals surface area (Å²) >= 11 is 6.05. The molecule has 0 aliphatic carbocycles. The number of benzene rings is 1. The summed E-state index contributed by atoms with van der Waals surface area (Å²) in [5.74, 6) is 0.716. The monoisotopic (exact) mass is 271 g/mol. The highest BCUT2D eigenvalue weighted by Gasteiger charge is 2.01. The van der Waals surface area contributed by atoms with Crippen LogP contribution in [0, 0.1) is 0 Å². The Morgan fingerprint density at radius 1 is 1.28 bits per heavy atom. The first-order valence-corrected chi connectivity index (χ1v) is 6.76. The first-order valence-electron chi connectivity index (χ1n) is 6.38. The van der Waals surface area contributed by atoms with Gasteiger partial charge in [0.25, 0.3) is 0 Å². The smallest absolute Gasteiger partial charge is 0.137 e. The van der Waals surface area contributed by atoms with Crippen LogP contribution in [-0.4, -0.2) is 26.9 Å². The van der Waals surface area contributed by atoms with E-state index in [0.717, 1.165) is 44.7 Å². The van der Waals surface area contributed by atoms with E-state index < -0.39 is 0 Å². The largest absolute Gasteiger partial charge is 0.495 e. The summed E-state index contributed by atoms with van der Waals surface area (Å²) in [4.78, 5) is 0. The second-order valence-corrected chi connectivity index (χ2v) is 4.52. The van der Waals surface area contributed by atoms with Gasteiger partial charge in [0.1, 0.15) is 5.75 Å². The predicted octanol–water partition coefficient (Wildman–Crippen LogP) is 3.25. The van der Waals surface area contributed by atoms with E-state index in [1.165, 1.54) is 0 Å². The third-order valence-electron chi connectivity index (χ3n) is 2.54. The van der Waals surface area contributed by atoms with E-state index in [1.807, 2.05) is 18.2 Å². The summed E-state index contributed by atoms with van der Waals surface area (Å²) in [5.41, 5.74) is 1.16. The van der Waals surface area contributed by atoms with Gasteiger partial charge in [0.05, 0.1) is 12.1 Å². The van der Waals surface area contributed by atoms with Crippen molar-refractivity contribution in [1.29, 1.82) is 0 Å². The minimum Gasteiger partial charge on any atom is -0.495 e. The molecule has 0 radical (unpaired) electrons. The van der Waals surface area contributed by atoms with Crippen molar-refractivity contribution in [1.82, 2.24) is 5.32 Å². The van der Waals surface area contributed by atoms with Crippen LogP contribution in [0.15, 0.2) is 18.2 Å². The molecule has 0 saturated carbocycles. The van der Waals surface area contributed by atoms with Crippen molar-refractivity contribution in [2.45, 2.75) is 26.3 Å². The zero-order valence-electron chi connectivity index (χ0n) is 11.2. The van der Waals surface area contributed by atoms with Crippen molar-refractivity contribution in [3.8, 4) is 5.75 Å². The number of hydrogen-bond acceptors (Lipinski definition) is 3. The molecule has 1 aromatic rings. The van der Waals surface area contributed by atoms with E-state index in [2.05, 4.69) is 12.2 Å². The van der Waals surface area contributed by atoms with Crippen molar-refractivity contribution in [2.24, 2.45) is 0 Å². The van der Waals surface area contributed by atoms with Crippen molar-refractivity contribution >= 4 is 11.6 Å². The molecule has 102 valence electrons. The van der Waals surface area contributed by atoms with Crippen LogP contribution < -0.4 is 10.1 Å². The van der Waals surface area contributed by atoms with E-state index in [9.17, 15) is 0 Å². The van der Waals surface area contributed by atoms with Crippen LogP contribution in [-0.2, 0) is 11.3 Å². The summed E-state index contributed by atoms with van der Waals surface area (Å²) in [6.45, 7) is 5.56. The van der Waals surface area contributed by atoms with Gasteiger partial charge in [-0.25, -0.2) is 0 Å². The van der Waals surface area contributed by atoms with Crippen molar-refractivity contribution in [2.75, 3.05) is 26.9 Å². The fourth-order valence-electron chi connectivity index (χ4n) is 1.60. The highest BCUT2D eigenvalue weighted by Crippen LogP contribution is 2.24. The molecule has 1 rings (SSSR count). The van der Waals surface area contributed by atoms with Crippen molar-refractivity contribution in [3.05, 3.63) is 28.8 Å². The van der Waals surface area contributed by atoms with Crippen LogP contribution in [0.1, 0.15) is 25.3 Å². The van der Waals surface area contributed by atoms with E-state index in [-0.39, 0.29) is 0 Å². The maximum absolute atomic E-state index is 6.05. The molecule has 4 heteroatoms. The molecule has 0 aromatic heterocycles. The molecule has 0 heterocycles.